The van der Waals surface area contributed by atoms with Gasteiger partial charge in [-0.05, 0) is 14.0 Å². The smallest absolute Gasteiger partial charge is 0.136 e. The molecule has 0 spiro atoms. The maximum Gasteiger partial charge on any atom is 0.136 e. The van der Waals surface area contributed by atoms with Crippen molar-refractivity contribution in [3.05, 3.63) is 0 Å². The molecule has 0 bridgehead atoms. The zero-order chi connectivity index (χ0) is 4.99. The topological polar surface area (TPSA) is 29.1 Å². The molecule has 0 rings (SSSR count). The maximum absolute atomic E-state index is 9.67. The van der Waals surface area contributed by atoms with Crippen LogP contribution in [-0.4, -0.2) is 19.4 Å². The van der Waals surface area contributed by atoms with Crippen molar-refractivity contribution in [3.63, 3.8) is 0 Å². The Morgan fingerprint density at radius 2 is 2.33 bits per heavy atom. The summed E-state index contributed by atoms with van der Waals surface area (Å²) in [4.78, 5) is 9.67. The van der Waals surface area contributed by atoms with E-state index in [1.165, 1.54) is 0 Å². The molecule has 2 nitrogen and oxygen atoms in total. The highest BCUT2D eigenvalue weighted by atomic mass is 16.1. The summed E-state index contributed by atoms with van der Waals surface area (Å²) in [5.41, 5.74) is 0. The van der Waals surface area contributed by atoms with Crippen LogP contribution in [0, 0.1) is 0 Å². The van der Waals surface area contributed by atoms with Crippen LogP contribution in [0.1, 0.15) is 6.92 Å². The molecule has 1 atom stereocenters. The molecule has 0 aliphatic carbocycles. The largest absolute Gasteiger partial charge is 0.311 e. The lowest BCUT2D eigenvalue weighted by Gasteiger charge is -1.94. The summed E-state index contributed by atoms with van der Waals surface area (Å²) in [6.07, 6.45) is 0.861. The first-order chi connectivity index (χ1) is 2.81. The van der Waals surface area contributed by atoms with E-state index in [0.717, 1.165) is 6.29 Å². The fourth-order valence-electron chi connectivity index (χ4n) is 0.0680. The summed E-state index contributed by atoms with van der Waals surface area (Å²) in [6.45, 7) is 1.80. The molecular formula is C4H9NO. The number of carbonyl (C=O) groups excluding carboxylic acids is 1. The lowest BCUT2D eigenvalue weighted by molar-refractivity contribution is -0.109. The highest BCUT2D eigenvalue weighted by molar-refractivity contribution is 5.56. The Morgan fingerprint density at radius 1 is 1.83 bits per heavy atom. The van der Waals surface area contributed by atoms with Crippen molar-refractivity contribution in [3.8, 4) is 0 Å². The predicted octanol–water partition coefficient (Wildman–Crippen LogP) is -0.207. The zero-order valence-corrected chi connectivity index (χ0v) is 4.06. The Labute approximate surface area is 37.5 Å². The van der Waals surface area contributed by atoms with Crippen molar-refractivity contribution >= 4 is 6.29 Å². The number of rotatable bonds is 2. The number of hydrogen-bond acceptors (Lipinski definition) is 2. The molecule has 0 aliphatic heterocycles. The first kappa shape index (κ1) is 5.63. The van der Waals surface area contributed by atoms with E-state index in [-0.39, 0.29) is 6.04 Å². The van der Waals surface area contributed by atoms with Gasteiger partial charge in [-0.25, -0.2) is 0 Å². The standard InChI is InChI=1S/C4H9NO/c1-4(3-6)5-2/h3-5H,1-2H3/t4-/m1/s1. The summed E-state index contributed by atoms with van der Waals surface area (Å²) in [5.74, 6) is 0. The minimum Gasteiger partial charge on any atom is -0.311 e. The Hall–Kier alpha value is -0.370. The number of nitrogens with one attached hydrogen (secondary N) is 1. The van der Waals surface area contributed by atoms with Gasteiger partial charge in [-0.3, -0.25) is 0 Å². The van der Waals surface area contributed by atoms with Crippen LogP contribution in [0.3, 0.4) is 0 Å². The third kappa shape index (κ3) is 1.91. The third-order valence-corrected chi connectivity index (χ3v) is 0.659. The van der Waals surface area contributed by atoms with Crippen molar-refractivity contribution in [1.82, 2.24) is 5.32 Å². The van der Waals surface area contributed by atoms with E-state index in [1.807, 2.05) is 0 Å². The molecule has 0 fully saturated rings. The van der Waals surface area contributed by atoms with Crippen molar-refractivity contribution < 1.29 is 4.79 Å². The van der Waals surface area contributed by atoms with Crippen LogP contribution in [0.15, 0.2) is 0 Å². The van der Waals surface area contributed by atoms with Crippen LogP contribution < -0.4 is 5.32 Å². The first-order valence-electron chi connectivity index (χ1n) is 1.94. The van der Waals surface area contributed by atoms with Gasteiger partial charge in [0.15, 0.2) is 0 Å². The van der Waals surface area contributed by atoms with E-state index in [0.29, 0.717) is 0 Å². The molecule has 0 saturated heterocycles. The fourth-order valence-corrected chi connectivity index (χ4v) is 0.0680. The minimum atomic E-state index is 0.00463. The Kier molecular flexibility index (Phi) is 2.67. The SMILES string of the molecule is CN[C@H](C)C=O. The van der Waals surface area contributed by atoms with Crippen molar-refractivity contribution in [2.45, 2.75) is 13.0 Å². The van der Waals surface area contributed by atoms with Gasteiger partial charge in [-0.15, -0.1) is 0 Å². The second-order valence-corrected chi connectivity index (χ2v) is 1.21. The fraction of sp³-hybridized carbons (Fsp3) is 0.750. The Bertz CT molecular complexity index is 44.8. The van der Waals surface area contributed by atoms with Gasteiger partial charge in [-0.1, -0.05) is 0 Å². The van der Waals surface area contributed by atoms with Gasteiger partial charge in [0.05, 0.1) is 6.04 Å². The normalized spacial score (nSPS) is 13.7. The lowest BCUT2D eigenvalue weighted by Crippen LogP contribution is -2.21. The lowest BCUT2D eigenvalue weighted by atomic mass is 10.4. The molecule has 0 saturated carbocycles. The summed E-state index contributed by atoms with van der Waals surface area (Å²) < 4.78 is 0. The minimum absolute atomic E-state index is 0.00463. The highest BCUT2D eigenvalue weighted by Gasteiger charge is 1.86. The monoisotopic (exact) mass is 87.1 g/mol. The van der Waals surface area contributed by atoms with E-state index in [2.05, 4.69) is 5.32 Å². The summed E-state index contributed by atoms with van der Waals surface area (Å²) in [6, 6.07) is 0.00463. The molecule has 2 heteroatoms. The van der Waals surface area contributed by atoms with E-state index < -0.39 is 0 Å². The summed E-state index contributed by atoms with van der Waals surface area (Å²) in [5, 5.41) is 2.75. The molecule has 0 aromatic heterocycles. The quantitative estimate of drug-likeness (QED) is 0.472. The Morgan fingerprint density at radius 3 is 2.33 bits per heavy atom. The number of carbonyl (C=O) groups is 1. The first-order valence-corrected chi connectivity index (χ1v) is 1.94. The average molecular weight is 87.1 g/mol. The van der Waals surface area contributed by atoms with Crippen LogP contribution in [0.5, 0.6) is 0 Å². The van der Waals surface area contributed by atoms with Gasteiger partial charge >= 0.3 is 0 Å². The van der Waals surface area contributed by atoms with Gasteiger partial charge in [0.1, 0.15) is 6.29 Å². The van der Waals surface area contributed by atoms with E-state index in [4.69, 9.17) is 0 Å². The molecule has 0 aromatic rings. The molecule has 0 amide bonds. The van der Waals surface area contributed by atoms with Gasteiger partial charge in [-0.2, -0.15) is 0 Å². The second-order valence-electron chi connectivity index (χ2n) is 1.21. The summed E-state index contributed by atoms with van der Waals surface area (Å²) in [7, 11) is 1.75. The zero-order valence-electron chi connectivity index (χ0n) is 4.06. The molecule has 36 valence electrons. The molecular weight excluding hydrogens is 78.0 g/mol. The molecule has 0 aliphatic rings. The van der Waals surface area contributed by atoms with Crippen LogP contribution in [0.2, 0.25) is 0 Å². The summed E-state index contributed by atoms with van der Waals surface area (Å²) >= 11 is 0. The van der Waals surface area contributed by atoms with Gasteiger partial charge < -0.3 is 10.1 Å². The maximum atomic E-state index is 9.67. The van der Waals surface area contributed by atoms with Crippen LogP contribution in [0.25, 0.3) is 0 Å². The molecule has 0 radical (unpaired) electrons. The number of aldehydes is 1. The van der Waals surface area contributed by atoms with Gasteiger partial charge in [0.2, 0.25) is 0 Å². The molecule has 0 heterocycles. The highest BCUT2D eigenvalue weighted by Crippen LogP contribution is 1.64. The molecule has 1 N–H and O–H groups in total. The van der Waals surface area contributed by atoms with E-state index in [9.17, 15) is 4.79 Å². The van der Waals surface area contributed by atoms with Crippen LogP contribution in [0.4, 0.5) is 0 Å². The van der Waals surface area contributed by atoms with Gasteiger partial charge in [0, 0.05) is 0 Å². The van der Waals surface area contributed by atoms with Crippen molar-refractivity contribution in [1.29, 1.82) is 0 Å². The number of hydrogen-bond donors (Lipinski definition) is 1. The van der Waals surface area contributed by atoms with Crippen molar-refractivity contribution in [2.75, 3.05) is 7.05 Å². The molecule has 6 heavy (non-hydrogen) atoms. The molecule has 0 unspecified atom stereocenters. The van der Waals surface area contributed by atoms with Gasteiger partial charge in [0.25, 0.3) is 0 Å². The Balaban J connectivity index is 2.96. The second kappa shape index (κ2) is 2.85. The average Bonchev–Trinajstić information content (AvgIpc) is 1.65. The number of likely N-dealkylation sites (N-methyl/N-ethyl adjacent to an activating group) is 1. The van der Waals surface area contributed by atoms with Crippen LogP contribution in [-0.2, 0) is 4.79 Å². The third-order valence-electron chi connectivity index (χ3n) is 0.659. The van der Waals surface area contributed by atoms with Crippen LogP contribution >= 0.6 is 0 Å². The predicted molar refractivity (Wildman–Crippen MR) is 24.6 cm³/mol. The van der Waals surface area contributed by atoms with Crippen molar-refractivity contribution in [2.24, 2.45) is 0 Å². The van der Waals surface area contributed by atoms with E-state index >= 15 is 0 Å². The molecule has 0 aromatic carbocycles. The van der Waals surface area contributed by atoms with E-state index in [1.54, 1.807) is 14.0 Å².